The van der Waals surface area contributed by atoms with Gasteiger partial charge in [0.2, 0.25) is 0 Å². The number of hydrogen-bond acceptors (Lipinski definition) is 16. The molecule has 12 rings (SSSR count). The van der Waals surface area contributed by atoms with Gasteiger partial charge >= 0.3 is 43.9 Å². The van der Waals surface area contributed by atoms with Gasteiger partial charge in [-0.2, -0.15) is 20.4 Å². The molecule has 0 spiro atoms. The molecular weight excluding hydrogens is 1610 g/mol. The van der Waals surface area contributed by atoms with Crippen molar-refractivity contribution in [2.75, 3.05) is 27.4 Å². The number of aromatic nitrogens is 8. The Balaban J connectivity index is 0.000000262. The van der Waals surface area contributed by atoms with Crippen molar-refractivity contribution >= 4 is 59.1 Å². The SMILES string of the molecule is CC(C)n1nccc1B(O)O.CC(N)CO.COC(=O)c1cc(-c2ccc(C)cc2F)cc(-c2ccnn2C(C)C)c1.COC(=O)c1cc(I)cc(-c2ccc(C)cc2F)c1.Cc1ccc(-c2cc(C(=O)NC(C)CO)cc(-c3ccnn3C(C)C)c2)c(F)c1.Cc1ccc(-c2cc(C(=O)O)cc(-c3ccnn3C(C)C)c2)c(F)c1.[Li+].[OH-]. The van der Waals surface area contributed by atoms with Crippen LogP contribution in [0.15, 0.2) is 195 Å². The third kappa shape index (κ3) is 26.7. The number of aryl methyl sites for hydroxylation is 4. The molecule has 0 saturated carbocycles. The van der Waals surface area contributed by atoms with E-state index in [1.165, 1.54) is 44.6 Å². The number of aliphatic hydroxyl groups excluding tert-OH is 2. The number of carboxylic acid groups (broad SMARTS) is 1. The van der Waals surface area contributed by atoms with E-state index in [-0.39, 0.29) is 109 Å². The minimum Gasteiger partial charge on any atom is -0.870 e. The van der Waals surface area contributed by atoms with Gasteiger partial charge in [0.25, 0.3) is 5.91 Å². The van der Waals surface area contributed by atoms with Crippen molar-refractivity contribution in [3.8, 4) is 78.3 Å². The first kappa shape index (κ1) is 96.9. The molecule has 0 aliphatic rings. The van der Waals surface area contributed by atoms with Crippen LogP contribution in [0, 0.1) is 54.5 Å². The number of hydrogen-bond donors (Lipinski definition) is 7. The fourth-order valence-corrected chi connectivity index (χ4v) is 12.5. The molecule has 0 aliphatic carbocycles. The Bertz CT molecular complexity index is 5320. The number of carbonyl (C=O) groups is 4. The number of methoxy groups -OCH3 is 2. The third-order valence-corrected chi connectivity index (χ3v) is 18.2. The molecule has 0 radical (unpaired) electrons. The fraction of sp³-hybridized carbons (Fsp3) is 0.273. The summed E-state index contributed by atoms with van der Waals surface area (Å²) in [5.41, 5.74) is 19.0. The second-order valence-corrected chi connectivity index (χ2v) is 29.7. The second kappa shape index (κ2) is 45.2. The van der Waals surface area contributed by atoms with E-state index in [9.17, 15) is 47.0 Å². The Labute approximate surface area is 705 Å². The molecule has 0 saturated heterocycles. The average molecular weight is 1710 g/mol. The maximum absolute atomic E-state index is 14.7. The first-order valence-electron chi connectivity index (χ1n) is 37.0. The summed E-state index contributed by atoms with van der Waals surface area (Å²) in [4.78, 5) is 48.0. The van der Waals surface area contributed by atoms with Crippen molar-refractivity contribution in [1.82, 2.24) is 44.4 Å². The van der Waals surface area contributed by atoms with Gasteiger partial charge in [0, 0.05) is 109 Å². The van der Waals surface area contributed by atoms with Gasteiger partial charge in [-0.3, -0.25) is 23.5 Å². The summed E-state index contributed by atoms with van der Waals surface area (Å²) in [6.45, 7) is 26.7. The van der Waals surface area contributed by atoms with Crippen molar-refractivity contribution in [1.29, 1.82) is 0 Å². The molecule has 1 amide bonds. The molecular formula is C88H99BF4ILiN10O12. The Hall–Kier alpha value is -10.6. The Morgan fingerprint density at radius 2 is 0.726 bits per heavy atom. The largest absolute Gasteiger partial charge is 1.00 e. The number of carboxylic acids is 1. The van der Waals surface area contributed by atoms with E-state index in [1.807, 2.05) is 158 Å². The van der Waals surface area contributed by atoms with Gasteiger partial charge in [-0.25, -0.2) is 31.9 Å². The number of esters is 2. The molecule has 2 atom stereocenters. The van der Waals surface area contributed by atoms with Crippen LogP contribution in [0.2, 0.25) is 0 Å². The number of carbonyl (C=O) groups excluding carboxylic acids is 3. The summed E-state index contributed by atoms with van der Waals surface area (Å²) in [5, 5.41) is 64.1. The Kier molecular flexibility index (Phi) is 37.4. The van der Waals surface area contributed by atoms with Crippen LogP contribution in [-0.2, 0) is 9.47 Å². The second-order valence-electron chi connectivity index (χ2n) is 28.5. The van der Waals surface area contributed by atoms with Gasteiger partial charge in [0.15, 0.2) is 0 Å². The fourth-order valence-electron chi connectivity index (χ4n) is 11.9. The number of rotatable bonds is 19. The molecule has 4 aromatic heterocycles. The maximum Gasteiger partial charge on any atom is 1.00 e. The predicted molar refractivity (Wildman–Crippen MR) is 453 cm³/mol. The van der Waals surface area contributed by atoms with Crippen molar-refractivity contribution in [2.24, 2.45) is 5.73 Å². The zero-order chi connectivity index (χ0) is 84.8. The number of nitrogens with two attached hydrogens (primary N) is 1. The van der Waals surface area contributed by atoms with E-state index in [2.05, 4.69) is 48.3 Å². The van der Waals surface area contributed by atoms with Crippen molar-refractivity contribution in [2.45, 2.75) is 133 Å². The van der Waals surface area contributed by atoms with Crippen LogP contribution in [0.5, 0.6) is 0 Å². The topological polar surface area (TPSA) is 327 Å². The van der Waals surface area contributed by atoms with Crippen molar-refractivity contribution in [3.63, 3.8) is 0 Å². The quantitative estimate of drug-likeness (QED) is 0.0171. The maximum atomic E-state index is 14.7. The van der Waals surface area contributed by atoms with Crippen molar-refractivity contribution in [3.05, 3.63) is 266 Å². The monoisotopic (exact) mass is 1710 g/mol. The van der Waals surface area contributed by atoms with Crippen LogP contribution in [0.1, 0.15) is 157 Å². The summed E-state index contributed by atoms with van der Waals surface area (Å²) in [6, 6.07) is 48.0. The number of nitrogens with zero attached hydrogens (tertiary/aromatic N) is 8. The molecule has 4 heterocycles. The van der Waals surface area contributed by atoms with Crippen LogP contribution < -0.4 is 35.5 Å². The molecule has 0 aliphatic heterocycles. The number of amides is 1. The van der Waals surface area contributed by atoms with Gasteiger partial charge in [-0.15, -0.1) is 0 Å². The van der Waals surface area contributed by atoms with E-state index in [0.29, 0.717) is 72.4 Å². The summed E-state index contributed by atoms with van der Waals surface area (Å²) in [6.07, 6.45) is 6.65. The number of ether oxygens (including phenoxy) is 2. The van der Waals surface area contributed by atoms with Gasteiger partial charge in [0.1, 0.15) is 23.3 Å². The number of aliphatic hydroxyl groups is 2. The minimum absolute atomic E-state index is 0. The van der Waals surface area contributed by atoms with Crippen LogP contribution in [0.4, 0.5) is 17.6 Å². The Morgan fingerprint density at radius 1 is 0.436 bits per heavy atom. The minimum atomic E-state index is -1.43. The average Bonchev–Trinajstić information content (AvgIpc) is 1.79. The first-order valence-corrected chi connectivity index (χ1v) is 38.1. The molecule has 117 heavy (non-hydrogen) atoms. The molecule has 612 valence electrons. The number of aromatic carboxylic acids is 1. The zero-order valence-electron chi connectivity index (χ0n) is 68.6. The smallest absolute Gasteiger partial charge is 0.870 e. The van der Waals surface area contributed by atoms with Crippen LogP contribution in [0.3, 0.4) is 0 Å². The molecule has 9 N–H and O–H groups in total. The first-order chi connectivity index (χ1) is 54.5. The van der Waals surface area contributed by atoms with Crippen LogP contribution >= 0.6 is 22.6 Å². The predicted octanol–water partition coefficient (Wildman–Crippen LogP) is 13.8. The van der Waals surface area contributed by atoms with E-state index in [4.69, 9.17) is 30.4 Å². The van der Waals surface area contributed by atoms with Crippen LogP contribution in [-0.4, -0.2) is 140 Å². The normalized spacial score (nSPS) is 11.2. The van der Waals surface area contributed by atoms with Gasteiger partial charge in [0.05, 0.1) is 66.8 Å². The summed E-state index contributed by atoms with van der Waals surface area (Å²) >= 11 is 2.10. The van der Waals surface area contributed by atoms with E-state index in [0.717, 1.165) is 54.0 Å². The number of benzene rings is 8. The standard InChI is InChI=1S/C23H26FN3O2.C21H21FN2O2.C20H19FN2O2.C15H12FIO2.C6H11BN2O2.C3H9NO.Li.H2O/c1-14(2)27-22(7-8-25-27)18-10-17(20-6-5-15(3)9-21(20)24)11-19(12-18)23(29)26-16(4)13-28;1-13(2)24-20(7-8-23-24)16-10-15(11-17(12-16)21(25)26-4)18-6-5-14(3)9-19(18)22;1-12(2)23-19(6-7-22-23)15-9-14(10-16(11-15)20(24)25)17-5-4-13(3)8-18(17)21;1-9-3-4-13(14(16)5-9)10-6-11(15(18)19-2)8-12(17)7-10;1-5(2)9-6(7(10)11)3-4-8-9;1-3(4)2-5;;/h5-12,14,16,28H,13H2,1-4H3,(H,26,29);5-13H,1-4H3;4-12H,1-3H3,(H,24,25);3-8H,1-2H3;3-5,10-11H,1-2H3;3,5H,2,4H2,1H3;;1H2/q;;;;;;+1;/p-1. The molecule has 22 nitrogen and oxygen atoms in total. The Morgan fingerprint density at radius 3 is 1.03 bits per heavy atom. The number of nitrogens with one attached hydrogen (secondary N) is 1. The van der Waals surface area contributed by atoms with Gasteiger partial charge < -0.3 is 51.4 Å². The molecule has 2 unspecified atom stereocenters. The molecule has 29 heteroatoms. The zero-order valence-corrected chi connectivity index (χ0v) is 70.8. The van der Waals surface area contributed by atoms with Crippen molar-refractivity contribution < 1.29 is 95.9 Å². The summed E-state index contributed by atoms with van der Waals surface area (Å²) in [7, 11) is 1.23. The van der Waals surface area contributed by atoms with E-state index < -0.39 is 25.0 Å². The molecule has 0 fully saturated rings. The molecule has 8 aromatic carbocycles. The summed E-state index contributed by atoms with van der Waals surface area (Å²) in [5.74, 6) is -3.58. The number of halogens is 5. The van der Waals surface area contributed by atoms with Gasteiger partial charge in [-0.05, 0) is 285 Å². The van der Waals surface area contributed by atoms with E-state index >= 15 is 0 Å². The summed E-state index contributed by atoms with van der Waals surface area (Å²) < 4.78 is 75.1. The molecule has 0 bridgehead atoms. The third-order valence-electron chi connectivity index (χ3n) is 17.6. The van der Waals surface area contributed by atoms with Crippen LogP contribution in [0.25, 0.3) is 78.3 Å². The van der Waals surface area contributed by atoms with E-state index in [1.54, 1.807) is 122 Å². The van der Waals surface area contributed by atoms with Gasteiger partial charge in [-0.1, -0.05) is 48.5 Å². The molecule has 12 aromatic rings.